The molecule has 2 aromatic rings. The number of hydrogen-bond acceptors (Lipinski definition) is 2. The van der Waals surface area contributed by atoms with Crippen LogP contribution in [0.3, 0.4) is 0 Å². The van der Waals surface area contributed by atoms with E-state index in [2.05, 4.69) is 24.3 Å². The minimum Gasteiger partial charge on any atom is -0.303 e. The summed E-state index contributed by atoms with van der Waals surface area (Å²) in [6.45, 7) is 0. The molecule has 1 saturated carbocycles. The fourth-order valence-corrected chi connectivity index (χ4v) is 4.54. The van der Waals surface area contributed by atoms with Crippen molar-refractivity contribution in [3.05, 3.63) is 59.7 Å². The van der Waals surface area contributed by atoms with Crippen molar-refractivity contribution in [2.45, 2.75) is 18.3 Å². The lowest BCUT2D eigenvalue weighted by Crippen LogP contribution is -2.37. The number of fused-ring (bicyclic) bond motifs is 5. The zero-order valence-corrected chi connectivity index (χ0v) is 11.7. The maximum Gasteiger partial charge on any atom is 0.124 e. The van der Waals surface area contributed by atoms with Gasteiger partial charge >= 0.3 is 0 Å². The third-order valence-electron chi connectivity index (χ3n) is 5.32. The van der Waals surface area contributed by atoms with Gasteiger partial charge in [-0.1, -0.05) is 48.5 Å². The van der Waals surface area contributed by atoms with E-state index in [9.17, 15) is 9.59 Å². The standard InChI is InChI=1S/C19H16O2/c20-11-13-9-10-14(12-21)19(13)17-7-3-1-5-15(17)16-6-2-4-8-18(16)19/h1-8,11-14H,9-10H2. The summed E-state index contributed by atoms with van der Waals surface area (Å²) in [7, 11) is 0. The van der Waals surface area contributed by atoms with E-state index in [0.29, 0.717) is 0 Å². The molecule has 21 heavy (non-hydrogen) atoms. The summed E-state index contributed by atoms with van der Waals surface area (Å²) < 4.78 is 0. The van der Waals surface area contributed by atoms with Crippen LogP contribution in [0.4, 0.5) is 0 Å². The average molecular weight is 276 g/mol. The molecule has 0 aliphatic heterocycles. The highest BCUT2D eigenvalue weighted by molar-refractivity contribution is 5.86. The summed E-state index contributed by atoms with van der Waals surface area (Å²) in [5, 5.41) is 0. The topological polar surface area (TPSA) is 34.1 Å². The molecule has 2 atom stereocenters. The number of carbonyl (C=O) groups excluding carboxylic acids is 2. The molecule has 0 heterocycles. The first-order chi connectivity index (χ1) is 10.3. The minimum absolute atomic E-state index is 0.113. The predicted octanol–water partition coefficient (Wildman–Crippen LogP) is 3.38. The van der Waals surface area contributed by atoms with Crippen LogP contribution in [0, 0.1) is 11.8 Å². The van der Waals surface area contributed by atoms with Crippen LogP contribution in [0.5, 0.6) is 0 Å². The monoisotopic (exact) mass is 276 g/mol. The maximum absolute atomic E-state index is 11.7. The molecule has 2 aliphatic carbocycles. The Morgan fingerprint density at radius 2 is 1.19 bits per heavy atom. The summed E-state index contributed by atoms with van der Waals surface area (Å²) in [5.74, 6) is -0.227. The minimum atomic E-state index is -0.448. The Hall–Kier alpha value is -2.22. The third-order valence-corrected chi connectivity index (χ3v) is 5.32. The highest BCUT2D eigenvalue weighted by Gasteiger charge is 2.56. The van der Waals surface area contributed by atoms with Crippen LogP contribution in [0.25, 0.3) is 11.1 Å². The Kier molecular flexibility index (Phi) is 2.61. The normalized spacial score (nSPS) is 24.6. The number of hydrogen-bond donors (Lipinski definition) is 0. The van der Waals surface area contributed by atoms with Gasteiger partial charge in [-0.3, -0.25) is 0 Å². The van der Waals surface area contributed by atoms with Gasteiger partial charge in [-0.15, -0.1) is 0 Å². The summed E-state index contributed by atoms with van der Waals surface area (Å²) >= 11 is 0. The molecule has 0 aromatic heterocycles. The van der Waals surface area contributed by atoms with Crippen molar-refractivity contribution < 1.29 is 9.59 Å². The van der Waals surface area contributed by atoms with Gasteiger partial charge in [0.15, 0.2) is 0 Å². The molecule has 0 amide bonds. The highest BCUT2D eigenvalue weighted by Crippen LogP contribution is 2.60. The van der Waals surface area contributed by atoms with Crippen LogP contribution in [0.1, 0.15) is 24.0 Å². The average Bonchev–Trinajstić information content (AvgIpc) is 3.07. The SMILES string of the molecule is O=CC1CCC(C=O)C12c1ccccc1-c1ccccc12. The van der Waals surface area contributed by atoms with E-state index >= 15 is 0 Å². The molecular formula is C19H16O2. The number of carbonyl (C=O) groups is 2. The second kappa shape index (κ2) is 4.39. The quantitative estimate of drug-likeness (QED) is 0.788. The van der Waals surface area contributed by atoms with Crippen molar-refractivity contribution in [2.75, 3.05) is 0 Å². The van der Waals surface area contributed by atoms with Crippen molar-refractivity contribution in [2.24, 2.45) is 11.8 Å². The van der Waals surface area contributed by atoms with Gasteiger partial charge in [-0.25, -0.2) is 0 Å². The van der Waals surface area contributed by atoms with Crippen LogP contribution >= 0.6 is 0 Å². The van der Waals surface area contributed by atoms with Crippen molar-refractivity contribution >= 4 is 12.6 Å². The van der Waals surface area contributed by atoms with Gasteiger partial charge in [-0.05, 0) is 35.1 Å². The van der Waals surface area contributed by atoms with E-state index in [1.165, 1.54) is 11.1 Å². The Morgan fingerprint density at radius 1 is 0.762 bits per heavy atom. The van der Waals surface area contributed by atoms with Gasteiger partial charge < -0.3 is 9.59 Å². The lowest BCUT2D eigenvalue weighted by molar-refractivity contribution is -0.114. The molecule has 0 radical (unpaired) electrons. The first-order valence-electron chi connectivity index (χ1n) is 7.44. The van der Waals surface area contributed by atoms with E-state index in [4.69, 9.17) is 0 Å². The largest absolute Gasteiger partial charge is 0.303 e. The van der Waals surface area contributed by atoms with Gasteiger partial charge in [0.1, 0.15) is 12.6 Å². The van der Waals surface area contributed by atoms with E-state index in [1.807, 2.05) is 24.3 Å². The Morgan fingerprint density at radius 3 is 1.62 bits per heavy atom. The van der Waals surface area contributed by atoms with E-state index in [-0.39, 0.29) is 11.8 Å². The summed E-state index contributed by atoms with van der Waals surface area (Å²) in [6.07, 6.45) is 3.69. The molecule has 2 aromatic carbocycles. The van der Waals surface area contributed by atoms with Gasteiger partial charge in [0.05, 0.1) is 0 Å². The molecule has 2 nitrogen and oxygen atoms in total. The molecule has 1 fully saturated rings. The summed E-state index contributed by atoms with van der Waals surface area (Å²) in [6, 6.07) is 16.4. The second-order valence-electron chi connectivity index (χ2n) is 6.02. The maximum atomic E-state index is 11.7. The molecule has 2 aliphatic rings. The smallest absolute Gasteiger partial charge is 0.124 e. The van der Waals surface area contributed by atoms with E-state index in [0.717, 1.165) is 36.5 Å². The van der Waals surface area contributed by atoms with Gasteiger partial charge in [0.25, 0.3) is 0 Å². The zero-order valence-electron chi connectivity index (χ0n) is 11.7. The molecule has 4 rings (SSSR count). The lowest BCUT2D eigenvalue weighted by atomic mass is 9.66. The van der Waals surface area contributed by atoms with Crippen LogP contribution in [-0.2, 0) is 15.0 Å². The number of aldehydes is 2. The molecule has 2 unspecified atom stereocenters. The van der Waals surface area contributed by atoms with Crippen LogP contribution in [-0.4, -0.2) is 12.6 Å². The Labute approximate surface area is 123 Å². The summed E-state index contributed by atoms with van der Waals surface area (Å²) in [5.41, 5.74) is 4.20. The van der Waals surface area contributed by atoms with Crippen LogP contribution in [0.2, 0.25) is 0 Å². The third kappa shape index (κ3) is 1.37. The Bertz CT molecular complexity index is 668. The highest BCUT2D eigenvalue weighted by atomic mass is 16.1. The first kappa shape index (κ1) is 12.5. The van der Waals surface area contributed by atoms with Crippen molar-refractivity contribution in [1.29, 1.82) is 0 Å². The second-order valence-corrected chi connectivity index (χ2v) is 6.02. The molecule has 0 saturated heterocycles. The first-order valence-corrected chi connectivity index (χ1v) is 7.44. The summed E-state index contributed by atoms with van der Waals surface area (Å²) in [4.78, 5) is 23.5. The van der Waals surface area contributed by atoms with E-state index < -0.39 is 5.41 Å². The fourth-order valence-electron chi connectivity index (χ4n) is 4.54. The molecular weight excluding hydrogens is 260 g/mol. The number of rotatable bonds is 2. The van der Waals surface area contributed by atoms with Crippen molar-refractivity contribution in [1.82, 2.24) is 0 Å². The van der Waals surface area contributed by atoms with Gasteiger partial charge in [0.2, 0.25) is 0 Å². The van der Waals surface area contributed by atoms with Crippen molar-refractivity contribution in [3.8, 4) is 11.1 Å². The Balaban J connectivity index is 2.12. The molecule has 0 N–H and O–H groups in total. The molecule has 2 heteroatoms. The molecule has 0 bridgehead atoms. The molecule has 1 spiro atoms. The van der Waals surface area contributed by atoms with Gasteiger partial charge in [-0.2, -0.15) is 0 Å². The van der Waals surface area contributed by atoms with Crippen molar-refractivity contribution in [3.63, 3.8) is 0 Å². The van der Waals surface area contributed by atoms with E-state index in [1.54, 1.807) is 0 Å². The number of benzene rings is 2. The molecule has 104 valence electrons. The van der Waals surface area contributed by atoms with Crippen LogP contribution in [0.15, 0.2) is 48.5 Å². The predicted molar refractivity (Wildman–Crippen MR) is 81.0 cm³/mol. The van der Waals surface area contributed by atoms with Crippen LogP contribution < -0.4 is 0 Å². The zero-order chi connectivity index (χ0) is 14.4. The van der Waals surface area contributed by atoms with Gasteiger partial charge in [0, 0.05) is 17.3 Å². The lowest BCUT2D eigenvalue weighted by Gasteiger charge is -2.34. The fraction of sp³-hybridized carbons (Fsp3) is 0.263.